The minimum atomic E-state index is -1.63. The maximum Gasteiger partial charge on any atom is 0.152 e. The molecule has 1 unspecified atom stereocenters. The van der Waals surface area contributed by atoms with E-state index in [4.69, 9.17) is 4.55 Å². The fourth-order valence-electron chi connectivity index (χ4n) is 1.09. The summed E-state index contributed by atoms with van der Waals surface area (Å²) in [6.45, 7) is 2.08. The molecule has 0 saturated carbocycles. The van der Waals surface area contributed by atoms with Gasteiger partial charge in [0.05, 0.1) is 0 Å². The molecule has 0 aliphatic rings. The third-order valence-electron chi connectivity index (χ3n) is 1.97. The Labute approximate surface area is 136 Å². The molecule has 1 radical (unpaired) electrons. The zero-order valence-electron chi connectivity index (χ0n) is 10.2. The minimum absolute atomic E-state index is 0. The molecule has 91 valence electrons. The van der Waals surface area contributed by atoms with Crippen molar-refractivity contribution in [3.63, 3.8) is 0 Å². The van der Waals surface area contributed by atoms with Crippen LogP contribution in [0.4, 0.5) is 0 Å². The van der Waals surface area contributed by atoms with Crippen molar-refractivity contribution >= 4 is 62.2 Å². The van der Waals surface area contributed by atoms with Gasteiger partial charge in [-0.2, -0.15) is 0 Å². The molecular formula is C11H16NaO2S3. The third kappa shape index (κ3) is 9.59. The van der Waals surface area contributed by atoms with Crippen LogP contribution in [0.15, 0.2) is 29.2 Å². The molecule has 0 aromatic heterocycles. The Balaban J connectivity index is 0.00000256. The molecule has 0 bridgehead atoms. The van der Waals surface area contributed by atoms with Crippen LogP contribution in [-0.4, -0.2) is 49.8 Å². The largest absolute Gasteiger partial charge is 0.306 e. The predicted molar refractivity (Wildman–Crippen MR) is 80.1 cm³/mol. The van der Waals surface area contributed by atoms with Crippen molar-refractivity contribution in [1.82, 2.24) is 0 Å². The fourth-order valence-corrected chi connectivity index (χ4v) is 3.67. The first-order valence-electron chi connectivity index (χ1n) is 5.12. The van der Waals surface area contributed by atoms with Gasteiger partial charge in [0.15, 0.2) is 11.1 Å². The van der Waals surface area contributed by atoms with E-state index in [-0.39, 0.29) is 29.6 Å². The third-order valence-corrected chi connectivity index (χ3v) is 5.08. The van der Waals surface area contributed by atoms with Crippen molar-refractivity contribution in [1.29, 1.82) is 0 Å². The van der Waals surface area contributed by atoms with Gasteiger partial charge in [-0.15, -0.1) is 0 Å². The summed E-state index contributed by atoms with van der Waals surface area (Å²) < 4.78 is 19.0. The quantitative estimate of drug-likeness (QED) is 0.362. The number of rotatable bonds is 7. The van der Waals surface area contributed by atoms with Crippen molar-refractivity contribution < 1.29 is 8.76 Å². The van der Waals surface area contributed by atoms with Crippen molar-refractivity contribution in [2.24, 2.45) is 0 Å². The van der Waals surface area contributed by atoms with Gasteiger partial charge < -0.3 is 4.55 Å². The van der Waals surface area contributed by atoms with E-state index in [9.17, 15) is 4.21 Å². The summed E-state index contributed by atoms with van der Waals surface area (Å²) in [5.74, 6) is 1.42. The number of hydrogen-bond donors (Lipinski definition) is 1. The van der Waals surface area contributed by atoms with E-state index >= 15 is 0 Å². The molecule has 1 rings (SSSR count). The fraction of sp³-hybridized carbons (Fsp3) is 0.455. The van der Waals surface area contributed by atoms with E-state index in [0.717, 1.165) is 18.6 Å². The normalized spacial score (nSPS) is 11.9. The summed E-state index contributed by atoms with van der Waals surface area (Å²) in [5.41, 5.74) is 1.28. The molecule has 0 heterocycles. The molecule has 1 aromatic carbocycles. The van der Waals surface area contributed by atoms with Gasteiger partial charge in [-0.25, -0.2) is 4.21 Å². The Kier molecular flexibility index (Phi) is 11.6. The Morgan fingerprint density at radius 2 is 1.88 bits per heavy atom. The van der Waals surface area contributed by atoms with E-state index in [1.807, 2.05) is 0 Å². The second kappa shape index (κ2) is 10.9. The smallest absolute Gasteiger partial charge is 0.152 e. The summed E-state index contributed by atoms with van der Waals surface area (Å²) in [4.78, 5) is 1.27. The van der Waals surface area contributed by atoms with E-state index in [1.165, 1.54) is 10.5 Å². The minimum Gasteiger partial charge on any atom is -0.306 e. The molecule has 6 heteroatoms. The molecule has 0 aliphatic carbocycles. The summed E-state index contributed by atoms with van der Waals surface area (Å²) >= 11 is -1.63. The van der Waals surface area contributed by atoms with Gasteiger partial charge in [-0.1, -0.05) is 39.3 Å². The van der Waals surface area contributed by atoms with Crippen LogP contribution in [-0.2, 0) is 11.1 Å². The molecule has 0 saturated heterocycles. The van der Waals surface area contributed by atoms with Gasteiger partial charge in [-0.3, -0.25) is 0 Å². The van der Waals surface area contributed by atoms with Crippen LogP contribution in [0.3, 0.4) is 0 Å². The van der Waals surface area contributed by atoms with Gasteiger partial charge in [0.25, 0.3) is 0 Å². The zero-order valence-corrected chi connectivity index (χ0v) is 14.7. The maximum absolute atomic E-state index is 10.4. The van der Waals surface area contributed by atoms with Gasteiger partial charge in [0.1, 0.15) is 0 Å². The predicted octanol–water partition coefficient (Wildman–Crippen LogP) is 3.36. The second-order valence-corrected chi connectivity index (χ2v) is 6.99. The molecule has 1 aromatic rings. The Hall–Kier alpha value is 1.03. The van der Waals surface area contributed by atoms with Crippen LogP contribution in [0.2, 0.25) is 0 Å². The first-order chi connectivity index (χ1) is 7.68. The Morgan fingerprint density at radius 3 is 2.47 bits per heavy atom. The molecule has 17 heavy (non-hydrogen) atoms. The Bertz CT molecular complexity index is 330. The van der Waals surface area contributed by atoms with Crippen LogP contribution in [0, 0.1) is 6.92 Å². The van der Waals surface area contributed by atoms with Crippen LogP contribution < -0.4 is 0 Å². The monoisotopic (exact) mass is 299 g/mol. The zero-order chi connectivity index (χ0) is 11.8. The van der Waals surface area contributed by atoms with E-state index < -0.39 is 11.1 Å². The average Bonchev–Trinajstić information content (AvgIpc) is 2.25. The maximum atomic E-state index is 10.4. The topological polar surface area (TPSA) is 37.3 Å². The average molecular weight is 299 g/mol. The van der Waals surface area contributed by atoms with E-state index in [2.05, 4.69) is 31.2 Å². The first-order valence-corrected chi connectivity index (χ1v) is 8.71. The molecule has 0 aliphatic heterocycles. The summed E-state index contributed by atoms with van der Waals surface area (Å²) in [6, 6.07) is 8.46. The summed E-state index contributed by atoms with van der Waals surface area (Å²) in [6.07, 6.45) is 1.82. The van der Waals surface area contributed by atoms with Gasteiger partial charge in [-0.05, 0) is 31.9 Å². The second-order valence-electron chi connectivity index (χ2n) is 3.45. The molecule has 1 N–H and O–H groups in total. The number of aryl methyl sites for hydroxylation is 1. The van der Waals surface area contributed by atoms with Gasteiger partial charge in [0.2, 0.25) is 0 Å². The van der Waals surface area contributed by atoms with Gasteiger partial charge in [0, 0.05) is 46.0 Å². The number of unbranched alkanes of at least 4 members (excludes halogenated alkanes) is 1. The van der Waals surface area contributed by atoms with Crippen LogP contribution in [0.5, 0.6) is 0 Å². The summed E-state index contributed by atoms with van der Waals surface area (Å²) in [7, 11) is 3.57. The Morgan fingerprint density at radius 1 is 1.24 bits per heavy atom. The number of benzene rings is 1. The molecule has 0 spiro atoms. The van der Waals surface area contributed by atoms with E-state index in [1.54, 1.807) is 21.6 Å². The van der Waals surface area contributed by atoms with Crippen molar-refractivity contribution in [3.05, 3.63) is 29.8 Å². The molecular weight excluding hydrogens is 283 g/mol. The number of hydrogen-bond acceptors (Lipinski definition) is 3. The van der Waals surface area contributed by atoms with Crippen molar-refractivity contribution in [2.45, 2.75) is 24.7 Å². The molecule has 1 atom stereocenters. The summed E-state index contributed by atoms with van der Waals surface area (Å²) in [5, 5.41) is 0. The van der Waals surface area contributed by atoms with E-state index in [0.29, 0.717) is 5.75 Å². The standard InChI is InChI=1S/C11H16O2S3.Na/c1-10-4-6-11(7-5-10)15-14-8-2-3-9-16(12)13;/h4-7H,2-3,8-9H2,1H3,(H,12,13);. The van der Waals surface area contributed by atoms with Gasteiger partial charge >= 0.3 is 0 Å². The van der Waals surface area contributed by atoms with Crippen LogP contribution in [0.25, 0.3) is 0 Å². The van der Waals surface area contributed by atoms with Crippen molar-refractivity contribution in [3.8, 4) is 0 Å². The SMILES string of the molecule is Cc1ccc(SSCCCCS(=O)O)cc1.[Na]. The molecule has 2 nitrogen and oxygen atoms in total. The molecule has 0 amide bonds. The van der Waals surface area contributed by atoms with Crippen molar-refractivity contribution in [2.75, 3.05) is 11.5 Å². The van der Waals surface area contributed by atoms with Crippen LogP contribution >= 0.6 is 21.6 Å². The molecule has 0 fully saturated rings. The first kappa shape index (κ1) is 18.0. The van der Waals surface area contributed by atoms with Crippen LogP contribution in [0.1, 0.15) is 18.4 Å².